The lowest BCUT2D eigenvalue weighted by molar-refractivity contribution is -0.382. The molecule has 0 aliphatic carbocycles. The van der Waals surface area contributed by atoms with Crippen molar-refractivity contribution in [2.45, 2.75) is 49.5 Å². The average Bonchev–Trinajstić information content (AvgIpc) is 3.23. The summed E-state index contributed by atoms with van der Waals surface area (Å²) in [6.07, 6.45) is -4.47. The van der Waals surface area contributed by atoms with E-state index in [-0.39, 0.29) is 11.4 Å². The molecule has 202 valence electrons. The van der Waals surface area contributed by atoms with Gasteiger partial charge in [0.25, 0.3) is 0 Å². The van der Waals surface area contributed by atoms with Gasteiger partial charge in [-0.15, -0.1) is 11.3 Å². The zero-order valence-corrected chi connectivity index (χ0v) is 20.4. The molecular formula is C20H18F9NO4S2. The molecule has 16 heteroatoms. The van der Waals surface area contributed by atoms with Crippen LogP contribution >= 0.6 is 11.3 Å². The molecule has 0 saturated heterocycles. The van der Waals surface area contributed by atoms with Crippen LogP contribution in [0.4, 0.5) is 39.5 Å². The predicted octanol–water partition coefficient (Wildman–Crippen LogP) is 6.75. The Morgan fingerprint density at radius 1 is 0.944 bits per heavy atom. The lowest BCUT2D eigenvalue weighted by Gasteiger charge is -2.32. The van der Waals surface area contributed by atoms with E-state index in [2.05, 4.69) is 9.17 Å². The Balaban J connectivity index is 2.68. The van der Waals surface area contributed by atoms with Crippen molar-refractivity contribution in [2.24, 2.45) is 0 Å². The van der Waals surface area contributed by atoms with Gasteiger partial charge in [-0.3, -0.25) is 0 Å². The van der Waals surface area contributed by atoms with Crippen LogP contribution in [0.3, 0.4) is 0 Å². The predicted molar refractivity (Wildman–Crippen MR) is 113 cm³/mol. The summed E-state index contributed by atoms with van der Waals surface area (Å²) in [4.78, 5) is 4.87. The summed E-state index contributed by atoms with van der Waals surface area (Å²) in [5, 5.41) is -5.32. The summed E-state index contributed by atoms with van der Waals surface area (Å²) in [7, 11) is -6.26. The maximum absolute atomic E-state index is 14.2. The zero-order chi connectivity index (χ0) is 28.0. The number of aromatic nitrogens is 1. The summed E-state index contributed by atoms with van der Waals surface area (Å²) in [5.41, 5.74) is -1.29. The van der Waals surface area contributed by atoms with Crippen LogP contribution in [-0.2, 0) is 15.5 Å². The van der Waals surface area contributed by atoms with Crippen LogP contribution < -0.4 is 8.92 Å². The Labute approximate surface area is 203 Å². The number of nitrogens with zero attached hydrogens (tertiary/aromatic N) is 1. The van der Waals surface area contributed by atoms with Crippen LogP contribution in [0.2, 0.25) is 0 Å². The highest BCUT2D eigenvalue weighted by molar-refractivity contribution is 7.88. The second kappa shape index (κ2) is 9.43. The summed E-state index contributed by atoms with van der Waals surface area (Å²) < 4.78 is 153. The number of alkyl halides is 9. The van der Waals surface area contributed by atoms with E-state index in [4.69, 9.17) is 4.74 Å². The molecular weight excluding hydrogens is 553 g/mol. The lowest BCUT2D eigenvalue weighted by Crippen LogP contribution is -2.63. The van der Waals surface area contributed by atoms with E-state index in [1.807, 2.05) is 0 Å². The van der Waals surface area contributed by atoms with Gasteiger partial charge < -0.3 is 8.92 Å². The van der Waals surface area contributed by atoms with Gasteiger partial charge >= 0.3 is 33.4 Å². The Hall–Kier alpha value is -2.49. The second-order valence-electron chi connectivity index (χ2n) is 8.23. The van der Waals surface area contributed by atoms with Gasteiger partial charge in [0.05, 0.1) is 18.5 Å². The summed E-state index contributed by atoms with van der Waals surface area (Å²) in [6.45, 7) is 4.57. The minimum Gasteiger partial charge on any atom is -0.491 e. The largest absolute Gasteiger partial charge is 0.491 e. The Morgan fingerprint density at radius 3 is 1.97 bits per heavy atom. The average molecular weight is 571 g/mol. The van der Waals surface area contributed by atoms with Crippen molar-refractivity contribution < 1.29 is 56.9 Å². The molecule has 2 rings (SSSR count). The second-order valence-corrected chi connectivity index (χ2v) is 10.8. The Bertz CT molecular complexity index is 1220. The maximum atomic E-state index is 14.2. The van der Waals surface area contributed by atoms with Crippen LogP contribution in [-0.4, -0.2) is 43.8 Å². The molecule has 0 fully saturated rings. The van der Waals surface area contributed by atoms with Crippen molar-refractivity contribution in [3.8, 4) is 11.5 Å². The quantitative estimate of drug-likeness (QED) is 0.259. The fraction of sp³-hybridized carbons (Fsp3) is 0.450. The summed E-state index contributed by atoms with van der Waals surface area (Å²) in [6, 6.07) is 4.01. The lowest BCUT2D eigenvalue weighted by atomic mass is 9.90. The Kier molecular flexibility index (Phi) is 7.79. The number of hydrogen-bond acceptors (Lipinski definition) is 6. The molecule has 0 radical (unpaired) electrons. The third-order valence-corrected chi connectivity index (χ3v) is 6.59. The van der Waals surface area contributed by atoms with Crippen LogP contribution in [0, 0.1) is 0 Å². The highest BCUT2D eigenvalue weighted by Gasteiger charge is 2.86. The summed E-state index contributed by atoms with van der Waals surface area (Å²) in [5.74, 6) is -16.7. The van der Waals surface area contributed by atoms with Gasteiger partial charge in [-0.05, 0) is 23.6 Å². The number of ether oxygens (including phenoxy) is 1. The minimum absolute atomic E-state index is 0.126. The third-order valence-electron chi connectivity index (χ3n) is 4.46. The first-order valence-electron chi connectivity index (χ1n) is 9.55. The summed E-state index contributed by atoms with van der Waals surface area (Å²) >= 11 is 1.27. The first-order chi connectivity index (χ1) is 16.1. The minimum atomic E-state index is -7.44. The standard InChI is InChI=1S/C20H18F9NO4S2/c1-16(2,3)15-14(33-4)13(10-11(30-15)7-8-12-6-5-9-35-12)34-36(31,32)20(28,29)18(23,24)17(21,22)19(25,26)27/h5-10H,1-4H3/b8-7+. The number of thiophene rings is 1. The van der Waals surface area contributed by atoms with Crippen molar-refractivity contribution >= 4 is 33.6 Å². The number of halogens is 9. The van der Waals surface area contributed by atoms with Crippen LogP contribution in [0.1, 0.15) is 37.0 Å². The molecule has 0 amide bonds. The van der Waals surface area contributed by atoms with Crippen molar-refractivity contribution in [3.63, 3.8) is 0 Å². The number of hydrogen-bond donors (Lipinski definition) is 0. The van der Waals surface area contributed by atoms with Crippen LogP contribution in [0.25, 0.3) is 12.2 Å². The van der Waals surface area contributed by atoms with Crippen molar-refractivity contribution in [3.05, 3.63) is 39.8 Å². The van der Waals surface area contributed by atoms with E-state index >= 15 is 0 Å². The van der Waals surface area contributed by atoms with Crippen molar-refractivity contribution in [1.82, 2.24) is 4.98 Å². The van der Waals surface area contributed by atoms with E-state index in [9.17, 15) is 47.9 Å². The molecule has 5 nitrogen and oxygen atoms in total. The monoisotopic (exact) mass is 571 g/mol. The van der Waals surface area contributed by atoms with Gasteiger partial charge in [-0.1, -0.05) is 26.8 Å². The van der Waals surface area contributed by atoms with Gasteiger partial charge in [-0.2, -0.15) is 47.9 Å². The molecule has 0 bridgehead atoms. The third kappa shape index (κ3) is 5.28. The van der Waals surface area contributed by atoms with Gasteiger partial charge in [-0.25, -0.2) is 4.98 Å². The van der Waals surface area contributed by atoms with Crippen LogP contribution in [0.5, 0.6) is 11.5 Å². The molecule has 2 aromatic heterocycles. The zero-order valence-electron chi connectivity index (χ0n) is 18.8. The van der Waals surface area contributed by atoms with Gasteiger partial charge in [0.15, 0.2) is 11.5 Å². The number of rotatable bonds is 8. The molecule has 0 aromatic carbocycles. The van der Waals surface area contributed by atoms with Gasteiger partial charge in [0.2, 0.25) is 0 Å². The van der Waals surface area contributed by atoms with E-state index in [1.165, 1.54) is 44.3 Å². The highest BCUT2D eigenvalue weighted by atomic mass is 32.2. The van der Waals surface area contributed by atoms with Crippen molar-refractivity contribution in [2.75, 3.05) is 7.11 Å². The molecule has 0 spiro atoms. The smallest absolute Gasteiger partial charge is 0.460 e. The SMILES string of the molecule is COc1c(OS(=O)(=O)C(F)(F)C(F)(F)C(F)(F)C(F)(F)F)cc(/C=C/c2cccs2)nc1C(C)(C)C. The molecule has 0 atom stereocenters. The topological polar surface area (TPSA) is 65.5 Å². The molecule has 0 N–H and O–H groups in total. The van der Waals surface area contributed by atoms with E-state index < -0.39 is 50.3 Å². The fourth-order valence-electron chi connectivity index (χ4n) is 2.62. The molecule has 2 heterocycles. The normalized spacial score (nSPS) is 14.4. The van der Waals surface area contributed by atoms with Gasteiger partial charge in [0, 0.05) is 16.4 Å². The maximum Gasteiger partial charge on any atom is 0.460 e. The Morgan fingerprint density at radius 2 is 1.53 bits per heavy atom. The van der Waals surface area contributed by atoms with Crippen LogP contribution in [0.15, 0.2) is 23.6 Å². The molecule has 0 aliphatic heterocycles. The first kappa shape index (κ1) is 29.7. The fourth-order valence-corrected chi connectivity index (χ4v) is 4.15. The van der Waals surface area contributed by atoms with Crippen molar-refractivity contribution in [1.29, 1.82) is 0 Å². The number of methoxy groups -OCH3 is 1. The molecule has 2 aromatic rings. The first-order valence-corrected chi connectivity index (χ1v) is 11.8. The number of pyridine rings is 1. The molecule has 0 unspecified atom stereocenters. The van der Waals surface area contributed by atoms with Gasteiger partial charge in [0.1, 0.15) is 0 Å². The molecule has 36 heavy (non-hydrogen) atoms. The molecule has 0 saturated carbocycles. The van der Waals surface area contributed by atoms with E-state index in [1.54, 1.807) is 17.5 Å². The van der Waals surface area contributed by atoms with E-state index in [0.717, 1.165) is 7.11 Å². The highest BCUT2D eigenvalue weighted by Crippen LogP contribution is 2.55. The molecule has 0 aliphatic rings. The van der Waals surface area contributed by atoms with E-state index in [0.29, 0.717) is 10.9 Å².